The third-order valence-corrected chi connectivity index (χ3v) is 4.20. The van der Waals surface area contributed by atoms with Crippen LogP contribution < -0.4 is 16.2 Å². The summed E-state index contributed by atoms with van der Waals surface area (Å²) in [6.45, 7) is 0. The van der Waals surface area contributed by atoms with E-state index in [1.54, 1.807) is 24.5 Å². The first-order valence-electron chi connectivity index (χ1n) is 8.02. The number of pyridine rings is 2. The van der Waals surface area contributed by atoms with E-state index in [9.17, 15) is 9.59 Å². The smallest absolute Gasteiger partial charge is 0.257 e. The Morgan fingerprint density at radius 1 is 1.25 bits per heavy atom. The molecule has 0 atom stereocenters. The average molecular weight is 317 g/mol. The Balaban J connectivity index is 1.96. The highest BCUT2D eigenvalue weighted by Crippen LogP contribution is 2.20. The molecule has 1 fully saturated rings. The van der Waals surface area contributed by atoms with Crippen LogP contribution in [0.1, 0.15) is 23.2 Å². The Bertz CT molecular complexity index is 1010. The van der Waals surface area contributed by atoms with Crippen LogP contribution in [0.15, 0.2) is 53.6 Å². The van der Waals surface area contributed by atoms with Crippen molar-refractivity contribution in [1.82, 2.24) is 14.9 Å². The van der Waals surface area contributed by atoms with E-state index in [0.717, 1.165) is 24.0 Å². The molecule has 0 aliphatic heterocycles. The molecule has 2 heterocycles. The van der Waals surface area contributed by atoms with Gasteiger partial charge in [-0.05, 0) is 37.1 Å². The fraction of sp³-hybridized carbons (Fsp3) is 0.167. The van der Waals surface area contributed by atoms with Crippen LogP contribution in [0.4, 0.5) is 0 Å². The molecular weight excluding hydrogens is 301 g/mol. The lowest BCUT2D eigenvalue weighted by Crippen LogP contribution is -2.31. The van der Waals surface area contributed by atoms with Crippen molar-refractivity contribution >= 4 is 30.2 Å². The quantitative estimate of drug-likeness (QED) is 0.717. The number of fused-ring (bicyclic) bond motifs is 1. The van der Waals surface area contributed by atoms with Gasteiger partial charge >= 0.3 is 0 Å². The summed E-state index contributed by atoms with van der Waals surface area (Å²) in [4.78, 5) is 29.5. The van der Waals surface area contributed by atoms with Gasteiger partial charge in [0.05, 0.1) is 5.39 Å². The summed E-state index contributed by atoms with van der Waals surface area (Å²) in [5.41, 5.74) is 2.40. The lowest BCUT2D eigenvalue weighted by molar-refractivity contribution is 0.0949. The third-order valence-electron chi connectivity index (χ3n) is 4.20. The van der Waals surface area contributed by atoms with Gasteiger partial charge in [-0.2, -0.15) is 0 Å². The second-order valence-corrected chi connectivity index (χ2v) is 6.20. The molecule has 1 aliphatic rings. The monoisotopic (exact) mass is 317 g/mol. The van der Waals surface area contributed by atoms with Gasteiger partial charge in [-0.25, -0.2) is 4.98 Å². The molecule has 2 aromatic heterocycles. The second kappa shape index (κ2) is 5.63. The summed E-state index contributed by atoms with van der Waals surface area (Å²) in [6.07, 6.45) is 5.21. The van der Waals surface area contributed by atoms with E-state index >= 15 is 0 Å². The molecule has 1 saturated carbocycles. The Labute approximate surface area is 139 Å². The third kappa shape index (κ3) is 2.60. The van der Waals surface area contributed by atoms with Crippen molar-refractivity contribution in [3.63, 3.8) is 0 Å². The zero-order valence-corrected chi connectivity index (χ0v) is 13.3. The van der Waals surface area contributed by atoms with Crippen molar-refractivity contribution in [3.8, 4) is 5.69 Å². The highest BCUT2D eigenvalue weighted by atomic mass is 16.2. The van der Waals surface area contributed by atoms with Crippen molar-refractivity contribution in [2.75, 3.05) is 0 Å². The first kappa shape index (κ1) is 14.7. The van der Waals surface area contributed by atoms with Gasteiger partial charge in [0.1, 0.15) is 19.1 Å². The molecule has 0 spiro atoms. The summed E-state index contributed by atoms with van der Waals surface area (Å²) < 4.78 is 1.81. The molecule has 0 saturated heterocycles. The Kier molecular flexibility index (Phi) is 3.45. The first-order valence-corrected chi connectivity index (χ1v) is 8.02. The van der Waals surface area contributed by atoms with Crippen molar-refractivity contribution < 1.29 is 4.79 Å². The minimum Gasteiger partial charge on any atom is -0.349 e. The number of amides is 1. The van der Waals surface area contributed by atoms with Gasteiger partial charge in [0, 0.05) is 24.1 Å². The van der Waals surface area contributed by atoms with Gasteiger partial charge in [0.25, 0.3) is 5.91 Å². The molecule has 118 valence electrons. The van der Waals surface area contributed by atoms with Crippen molar-refractivity contribution in [2.45, 2.75) is 18.9 Å². The van der Waals surface area contributed by atoms with Crippen molar-refractivity contribution in [1.29, 1.82) is 0 Å². The zero-order chi connectivity index (χ0) is 16.7. The summed E-state index contributed by atoms with van der Waals surface area (Å²) in [6, 6.07) is 11.5. The van der Waals surface area contributed by atoms with Gasteiger partial charge in [-0.3, -0.25) is 9.59 Å². The molecule has 1 N–H and O–H groups in total. The molecule has 5 nitrogen and oxygen atoms in total. The Morgan fingerprint density at radius 2 is 2.08 bits per heavy atom. The number of carbonyl (C=O) groups is 1. The van der Waals surface area contributed by atoms with E-state index in [2.05, 4.69) is 10.3 Å². The number of nitrogens with one attached hydrogen (secondary N) is 1. The van der Waals surface area contributed by atoms with Crippen LogP contribution in [-0.4, -0.2) is 29.3 Å². The summed E-state index contributed by atoms with van der Waals surface area (Å²) in [5, 5.41) is 3.34. The number of aromatic nitrogens is 2. The fourth-order valence-corrected chi connectivity index (χ4v) is 2.79. The number of benzene rings is 1. The van der Waals surface area contributed by atoms with Gasteiger partial charge < -0.3 is 9.88 Å². The fourth-order valence-electron chi connectivity index (χ4n) is 2.79. The maximum Gasteiger partial charge on any atom is 0.257 e. The number of hydrogen-bond acceptors (Lipinski definition) is 3. The van der Waals surface area contributed by atoms with Crippen LogP contribution in [0, 0.1) is 0 Å². The van der Waals surface area contributed by atoms with E-state index in [1.165, 1.54) is 0 Å². The second-order valence-electron chi connectivity index (χ2n) is 6.20. The summed E-state index contributed by atoms with van der Waals surface area (Å²) >= 11 is 0. The minimum absolute atomic E-state index is 0.156. The SMILES string of the molecule is Bc1cccc(-n2cc(C(=O)NC3CC3)c(=O)c3cccnc32)c1. The molecule has 1 aromatic carbocycles. The van der Waals surface area contributed by atoms with Crippen LogP contribution in [0.5, 0.6) is 0 Å². The molecule has 6 heteroatoms. The zero-order valence-electron chi connectivity index (χ0n) is 13.3. The highest BCUT2D eigenvalue weighted by Gasteiger charge is 2.26. The largest absolute Gasteiger partial charge is 0.349 e. The van der Waals surface area contributed by atoms with Gasteiger partial charge in [-0.1, -0.05) is 17.6 Å². The van der Waals surface area contributed by atoms with Crippen LogP contribution in [-0.2, 0) is 0 Å². The molecule has 3 aromatic rings. The number of carbonyl (C=O) groups excluding carboxylic acids is 1. The standard InChI is InChI=1S/C18H16BN3O2/c19-11-3-1-4-13(9-11)22-10-15(18(24)21-12-6-7-12)16(23)14-5-2-8-20-17(14)22/h1-5,8-10,12H,6-7,19H2,(H,21,24). The van der Waals surface area contributed by atoms with E-state index in [0.29, 0.717) is 11.0 Å². The molecule has 1 amide bonds. The van der Waals surface area contributed by atoms with E-state index < -0.39 is 0 Å². The number of hydrogen-bond donors (Lipinski definition) is 1. The van der Waals surface area contributed by atoms with Crippen LogP contribution >= 0.6 is 0 Å². The van der Waals surface area contributed by atoms with E-state index in [4.69, 9.17) is 0 Å². The maximum atomic E-state index is 12.7. The molecule has 0 unspecified atom stereocenters. The van der Waals surface area contributed by atoms with Crippen LogP contribution in [0.25, 0.3) is 16.7 Å². The molecule has 4 rings (SSSR count). The van der Waals surface area contributed by atoms with Gasteiger partial charge in [0.2, 0.25) is 5.43 Å². The van der Waals surface area contributed by atoms with Gasteiger partial charge in [-0.15, -0.1) is 0 Å². The predicted molar refractivity (Wildman–Crippen MR) is 96.0 cm³/mol. The predicted octanol–water partition coefficient (Wildman–Crippen LogP) is 0.536. The number of rotatable bonds is 3. The Morgan fingerprint density at radius 3 is 2.83 bits per heavy atom. The lowest BCUT2D eigenvalue weighted by Gasteiger charge is -2.13. The maximum absolute atomic E-state index is 12.7. The average Bonchev–Trinajstić information content (AvgIpc) is 3.39. The molecule has 0 bridgehead atoms. The first-order chi connectivity index (χ1) is 11.6. The van der Waals surface area contributed by atoms with Crippen LogP contribution in [0.3, 0.4) is 0 Å². The minimum atomic E-state index is -0.311. The van der Waals surface area contributed by atoms with Gasteiger partial charge in [0.15, 0.2) is 0 Å². The van der Waals surface area contributed by atoms with Crippen molar-refractivity contribution in [2.24, 2.45) is 0 Å². The highest BCUT2D eigenvalue weighted by molar-refractivity contribution is 6.32. The van der Waals surface area contributed by atoms with Crippen LogP contribution in [0.2, 0.25) is 0 Å². The summed E-state index contributed by atoms with van der Waals surface area (Å²) in [7, 11) is 2.00. The molecule has 24 heavy (non-hydrogen) atoms. The molecule has 1 aliphatic carbocycles. The number of nitrogens with zero attached hydrogens (tertiary/aromatic N) is 2. The van der Waals surface area contributed by atoms with E-state index in [-0.39, 0.29) is 22.9 Å². The van der Waals surface area contributed by atoms with Crippen molar-refractivity contribution in [3.05, 3.63) is 64.6 Å². The normalized spacial score (nSPS) is 13.8. The lowest BCUT2D eigenvalue weighted by atomic mass is 9.96. The topological polar surface area (TPSA) is 64.0 Å². The molecular formula is C18H16BN3O2. The van der Waals surface area contributed by atoms with E-state index in [1.807, 2.05) is 36.7 Å². The summed E-state index contributed by atoms with van der Waals surface area (Å²) in [5.74, 6) is -0.311. The Hall–Kier alpha value is -2.89. The molecule has 0 radical (unpaired) electrons.